The number of benzene rings is 1. The molecule has 0 unspecified atom stereocenters. The third kappa shape index (κ3) is 3.46. The second-order valence-electron chi connectivity index (χ2n) is 5.46. The van der Waals surface area contributed by atoms with Crippen molar-refractivity contribution in [3.8, 4) is 0 Å². The Kier molecular flexibility index (Phi) is 4.75. The van der Waals surface area contributed by atoms with Crippen molar-refractivity contribution in [2.24, 2.45) is 0 Å². The molecule has 1 aliphatic rings. The molecule has 0 spiro atoms. The first-order chi connectivity index (χ1) is 9.78. The normalized spacial score (nSPS) is 23.3. The molecule has 0 saturated carbocycles. The molecule has 2 atom stereocenters. The van der Waals surface area contributed by atoms with Crippen LogP contribution in [-0.4, -0.2) is 44.7 Å². The fraction of sp³-hybridized carbons (Fsp3) is 0.571. The summed E-state index contributed by atoms with van der Waals surface area (Å²) in [5.41, 5.74) is 0. The summed E-state index contributed by atoms with van der Waals surface area (Å²) in [5.74, 6) is -0.0156. The molecule has 0 bridgehead atoms. The van der Waals surface area contributed by atoms with Gasteiger partial charge >= 0.3 is 0 Å². The third-order valence-electron chi connectivity index (χ3n) is 3.91. The van der Waals surface area contributed by atoms with E-state index in [1.54, 1.807) is 30.3 Å². The highest BCUT2D eigenvalue weighted by molar-refractivity contribution is 7.92. The third-order valence-corrected chi connectivity index (χ3v) is 7.74. The van der Waals surface area contributed by atoms with E-state index < -0.39 is 25.9 Å². The van der Waals surface area contributed by atoms with Crippen LogP contribution in [0.2, 0.25) is 0 Å². The van der Waals surface area contributed by atoms with E-state index in [2.05, 4.69) is 0 Å². The Balaban J connectivity index is 2.42. The summed E-state index contributed by atoms with van der Waals surface area (Å²) in [7, 11) is -6.81. The van der Waals surface area contributed by atoms with Gasteiger partial charge in [0.1, 0.15) is 0 Å². The zero-order valence-corrected chi connectivity index (χ0v) is 13.9. The molecular formula is C14H21NO4S2. The fourth-order valence-corrected chi connectivity index (χ4v) is 6.41. The average Bonchev–Trinajstić information content (AvgIpc) is 2.79. The van der Waals surface area contributed by atoms with Crippen LogP contribution in [0.25, 0.3) is 0 Å². The molecule has 0 radical (unpaired) electrons. The van der Waals surface area contributed by atoms with Gasteiger partial charge in [0, 0.05) is 12.1 Å². The van der Waals surface area contributed by atoms with Crippen LogP contribution in [0.5, 0.6) is 0 Å². The van der Waals surface area contributed by atoms with Crippen LogP contribution in [0.15, 0.2) is 35.2 Å². The lowest BCUT2D eigenvalue weighted by Gasteiger charge is -2.32. The molecule has 118 valence electrons. The minimum absolute atomic E-state index is 0.0644. The van der Waals surface area contributed by atoms with Crippen LogP contribution in [0.4, 0.5) is 0 Å². The monoisotopic (exact) mass is 331 g/mol. The lowest BCUT2D eigenvalue weighted by atomic mass is 10.2. The van der Waals surface area contributed by atoms with Crippen molar-refractivity contribution in [3.05, 3.63) is 30.3 Å². The molecule has 1 aromatic rings. The number of rotatable bonds is 5. The Morgan fingerprint density at radius 2 is 1.90 bits per heavy atom. The van der Waals surface area contributed by atoms with Gasteiger partial charge in [0.15, 0.2) is 9.84 Å². The minimum atomic E-state index is -3.68. The maximum absolute atomic E-state index is 12.9. The molecule has 1 fully saturated rings. The van der Waals surface area contributed by atoms with E-state index in [0.717, 1.165) is 0 Å². The SMILES string of the molecule is CC[C@H](C)N([C@H]1CCS(=O)(=O)C1)S(=O)(=O)c1ccccc1. The number of sulfone groups is 1. The molecule has 2 rings (SSSR count). The zero-order valence-electron chi connectivity index (χ0n) is 12.3. The highest BCUT2D eigenvalue weighted by atomic mass is 32.2. The molecule has 1 saturated heterocycles. The van der Waals surface area contributed by atoms with Crippen molar-refractivity contribution in [2.45, 2.75) is 43.7 Å². The second kappa shape index (κ2) is 6.06. The molecule has 21 heavy (non-hydrogen) atoms. The molecule has 7 heteroatoms. The Hall–Kier alpha value is -0.920. The smallest absolute Gasteiger partial charge is 0.229 e. The van der Waals surface area contributed by atoms with Crippen molar-refractivity contribution < 1.29 is 16.8 Å². The van der Waals surface area contributed by atoms with E-state index in [1.807, 2.05) is 13.8 Å². The van der Waals surface area contributed by atoms with Crippen LogP contribution in [0, 0.1) is 0 Å². The van der Waals surface area contributed by atoms with E-state index in [-0.39, 0.29) is 22.4 Å². The van der Waals surface area contributed by atoms with Crippen molar-refractivity contribution >= 4 is 19.9 Å². The quantitative estimate of drug-likeness (QED) is 0.823. The van der Waals surface area contributed by atoms with Crippen LogP contribution in [-0.2, 0) is 19.9 Å². The Labute approximate surface area is 126 Å². The standard InChI is InChI=1S/C14H21NO4S2/c1-3-12(2)15(13-9-10-20(16,17)11-13)21(18,19)14-7-5-4-6-8-14/h4-8,12-13H,3,9-11H2,1-2H3/t12-,13-/m0/s1. The van der Waals surface area contributed by atoms with Crippen LogP contribution < -0.4 is 0 Å². The van der Waals surface area contributed by atoms with Gasteiger partial charge in [-0.15, -0.1) is 0 Å². The summed E-state index contributed by atoms with van der Waals surface area (Å²) >= 11 is 0. The first kappa shape index (κ1) is 16.5. The highest BCUT2D eigenvalue weighted by Crippen LogP contribution is 2.28. The topological polar surface area (TPSA) is 71.5 Å². The Bertz CT molecular complexity index is 683. The molecule has 0 aromatic heterocycles. The van der Waals surface area contributed by atoms with Crippen molar-refractivity contribution in [1.82, 2.24) is 4.31 Å². The van der Waals surface area contributed by atoms with Gasteiger partial charge in [-0.05, 0) is 31.9 Å². The predicted molar refractivity (Wildman–Crippen MR) is 82.3 cm³/mol. The van der Waals surface area contributed by atoms with Crippen LogP contribution in [0.1, 0.15) is 26.7 Å². The van der Waals surface area contributed by atoms with Crippen molar-refractivity contribution in [1.29, 1.82) is 0 Å². The summed E-state index contributed by atoms with van der Waals surface area (Å²) in [4.78, 5) is 0.217. The Morgan fingerprint density at radius 3 is 2.38 bits per heavy atom. The largest absolute Gasteiger partial charge is 0.243 e. The van der Waals surface area contributed by atoms with Crippen LogP contribution >= 0.6 is 0 Å². The summed E-state index contributed by atoms with van der Waals surface area (Å²) < 4.78 is 50.5. The van der Waals surface area contributed by atoms with Crippen LogP contribution in [0.3, 0.4) is 0 Å². The van der Waals surface area contributed by atoms with Gasteiger partial charge in [-0.2, -0.15) is 4.31 Å². The van der Waals surface area contributed by atoms with Gasteiger partial charge in [0.2, 0.25) is 10.0 Å². The minimum Gasteiger partial charge on any atom is -0.229 e. The van der Waals surface area contributed by atoms with Gasteiger partial charge < -0.3 is 0 Å². The number of hydrogen-bond acceptors (Lipinski definition) is 4. The number of sulfonamides is 1. The lowest BCUT2D eigenvalue weighted by molar-refractivity contribution is 0.271. The van der Waals surface area contributed by atoms with Crippen molar-refractivity contribution in [3.63, 3.8) is 0 Å². The predicted octanol–water partition coefficient (Wildman–Crippen LogP) is 1.66. The number of hydrogen-bond donors (Lipinski definition) is 0. The molecule has 0 amide bonds. The molecule has 1 aliphatic heterocycles. The van der Waals surface area contributed by atoms with E-state index in [1.165, 1.54) is 4.31 Å². The van der Waals surface area contributed by atoms with E-state index in [0.29, 0.717) is 12.8 Å². The molecule has 1 aromatic carbocycles. The fourth-order valence-electron chi connectivity index (χ4n) is 2.66. The van der Waals surface area contributed by atoms with Gasteiger partial charge in [-0.25, -0.2) is 16.8 Å². The molecule has 1 heterocycles. The zero-order chi connectivity index (χ0) is 15.7. The maximum atomic E-state index is 12.9. The molecule has 0 N–H and O–H groups in total. The molecular weight excluding hydrogens is 310 g/mol. The van der Waals surface area contributed by atoms with Gasteiger partial charge in [-0.1, -0.05) is 25.1 Å². The van der Waals surface area contributed by atoms with Gasteiger partial charge in [0.05, 0.1) is 16.4 Å². The summed E-state index contributed by atoms with van der Waals surface area (Å²) in [6.45, 7) is 3.73. The molecule has 5 nitrogen and oxygen atoms in total. The summed E-state index contributed by atoms with van der Waals surface area (Å²) in [6, 6.07) is 7.51. The highest BCUT2D eigenvalue weighted by Gasteiger charge is 2.40. The lowest BCUT2D eigenvalue weighted by Crippen LogP contribution is -2.46. The first-order valence-corrected chi connectivity index (χ1v) is 10.3. The Morgan fingerprint density at radius 1 is 1.29 bits per heavy atom. The van der Waals surface area contributed by atoms with Gasteiger partial charge in [0.25, 0.3) is 0 Å². The summed E-state index contributed by atoms with van der Waals surface area (Å²) in [5, 5.41) is 0. The number of nitrogens with zero attached hydrogens (tertiary/aromatic N) is 1. The van der Waals surface area contributed by atoms with Gasteiger partial charge in [-0.3, -0.25) is 0 Å². The van der Waals surface area contributed by atoms with Crippen molar-refractivity contribution in [2.75, 3.05) is 11.5 Å². The summed E-state index contributed by atoms with van der Waals surface area (Å²) in [6.07, 6.45) is 1.02. The maximum Gasteiger partial charge on any atom is 0.243 e. The van der Waals surface area contributed by atoms with E-state index in [4.69, 9.17) is 0 Å². The first-order valence-electron chi connectivity index (χ1n) is 7.07. The van der Waals surface area contributed by atoms with E-state index in [9.17, 15) is 16.8 Å². The van der Waals surface area contributed by atoms with E-state index >= 15 is 0 Å². The average molecular weight is 331 g/mol. The second-order valence-corrected chi connectivity index (χ2v) is 9.53. The molecule has 0 aliphatic carbocycles.